The number of anilines is 1. The topological polar surface area (TPSA) is 107 Å². The summed E-state index contributed by atoms with van der Waals surface area (Å²) in [6, 6.07) is 11.8. The number of nitro groups is 1. The SMILES string of the molecule is CCOC(=O)C1C2c3ccc([N+](=O)[O-])cc3C(=O)C2C(C2CC2)C12C(=O)N(C)c1ccccc12. The van der Waals surface area contributed by atoms with Crippen LogP contribution in [0.1, 0.15) is 47.2 Å². The van der Waals surface area contributed by atoms with E-state index in [4.69, 9.17) is 4.74 Å². The van der Waals surface area contributed by atoms with Gasteiger partial charge in [0.2, 0.25) is 5.91 Å². The number of rotatable bonds is 4. The Kier molecular flexibility index (Phi) is 4.31. The van der Waals surface area contributed by atoms with E-state index in [0.717, 1.165) is 24.1 Å². The maximum absolute atomic E-state index is 14.2. The number of ether oxygens (including phenoxy) is 1. The second-order valence-corrected chi connectivity index (χ2v) is 9.79. The Labute approximate surface area is 196 Å². The molecule has 34 heavy (non-hydrogen) atoms. The fourth-order valence-corrected chi connectivity index (χ4v) is 7.17. The van der Waals surface area contributed by atoms with Crippen LogP contribution in [0.5, 0.6) is 0 Å². The Hall–Kier alpha value is -3.55. The molecule has 5 atom stereocenters. The molecule has 2 fully saturated rings. The molecule has 0 bridgehead atoms. The summed E-state index contributed by atoms with van der Waals surface area (Å²) in [4.78, 5) is 54.2. The van der Waals surface area contributed by atoms with Crippen molar-refractivity contribution in [2.75, 3.05) is 18.6 Å². The number of carbonyl (C=O) groups is 3. The first-order valence-corrected chi connectivity index (χ1v) is 11.7. The molecule has 2 aromatic rings. The summed E-state index contributed by atoms with van der Waals surface area (Å²) in [6.45, 7) is 1.88. The lowest BCUT2D eigenvalue weighted by molar-refractivity contribution is -0.384. The first kappa shape index (κ1) is 21.0. The summed E-state index contributed by atoms with van der Waals surface area (Å²) < 4.78 is 5.55. The zero-order chi connectivity index (χ0) is 23.9. The lowest BCUT2D eigenvalue weighted by atomic mass is 9.63. The summed E-state index contributed by atoms with van der Waals surface area (Å²) >= 11 is 0. The van der Waals surface area contributed by atoms with Crippen LogP contribution in [0.2, 0.25) is 0 Å². The lowest BCUT2D eigenvalue weighted by Crippen LogP contribution is -2.51. The number of fused-ring (bicyclic) bond motifs is 5. The molecule has 0 saturated heterocycles. The van der Waals surface area contributed by atoms with E-state index >= 15 is 0 Å². The van der Waals surface area contributed by atoms with Crippen LogP contribution in [0.4, 0.5) is 11.4 Å². The first-order valence-electron chi connectivity index (χ1n) is 11.7. The standard InChI is InChI=1S/C26H24N2O6/c1-3-34-24(30)22-19-15-11-10-14(28(32)33)12-16(15)23(29)20(19)21(13-8-9-13)26(22)17-6-4-5-7-18(17)27(2)25(26)31/h4-7,10-13,19-22H,3,8-9H2,1-2H3. The molecular weight excluding hydrogens is 436 g/mol. The van der Waals surface area contributed by atoms with Gasteiger partial charge < -0.3 is 9.64 Å². The van der Waals surface area contributed by atoms with Crippen LogP contribution < -0.4 is 4.90 Å². The van der Waals surface area contributed by atoms with Crippen molar-refractivity contribution < 1.29 is 24.0 Å². The highest BCUT2D eigenvalue weighted by Crippen LogP contribution is 2.71. The minimum atomic E-state index is -1.19. The molecule has 6 rings (SSSR count). The van der Waals surface area contributed by atoms with Crippen molar-refractivity contribution in [2.24, 2.45) is 23.7 Å². The average molecular weight is 460 g/mol. The minimum Gasteiger partial charge on any atom is -0.466 e. The minimum absolute atomic E-state index is 0.128. The number of nitro benzene ring substituents is 1. The van der Waals surface area contributed by atoms with E-state index in [1.54, 1.807) is 24.9 Å². The van der Waals surface area contributed by atoms with Gasteiger partial charge in [0.05, 0.1) is 22.9 Å². The summed E-state index contributed by atoms with van der Waals surface area (Å²) in [7, 11) is 1.72. The van der Waals surface area contributed by atoms with Gasteiger partial charge >= 0.3 is 5.97 Å². The zero-order valence-electron chi connectivity index (χ0n) is 18.9. The number of hydrogen-bond acceptors (Lipinski definition) is 6. The van der Waals surface area contributed by atoms with Gasteiger partial charge in [0.15, 0.2) is 5.78 Å². The molecule has 0 N–H and O–H groups in total. The molecule has 2 saturated carbocycles. The monoisotopic (exact) mass is 460 g/mol. The molecule has 5 unspecified atom stereocenters. The predicted molar refractivity (Wildman–Crippen MR) is 122 cm³/mol. The Balaban J connectivity index is 1.64. The van der Waals surface area contributed by atoms with Crippen LogP contribution in [-0.2, 0) is 19.7 Å². The number of likely N-dealkylation sites (N-methyl/N-ethyl adjacent to an activating group) is 1. The van der Waals surface area contributed by atoms with E-state index in [9.17, 15) is 24.5 Å². The molecule has 1 amide bonds. The van der Waals surface area contributed by atoms with Gasteiger partial charge in [0, 0.05) is 42.3 Å². The number of non-ortho nitro benzene ring substituents is 1. The predicted octanol–water partition coefficient (Wildman–Crippen LogP) is 3.62. The summed E-state index contributed by atoms with van der Waals surface area (Å²) in [5, 5.41) is 11.4. The normalized spacial score (nSPS) is 30.9. The quantitative estimate of drug-likeness (QED) is 0.392. The third-order valence-electron chi connectivity index (χ3n) is 8.36. The maximum Gasteiger partial charge on any atom is 0.311 e. The first-order chi connectivity index (χ1) is 16.3. The van der Waals surface area contributed by atoms with E-state index in [1.165, 1.54) is 12.1 Å². The number of nitrogens with zero attached hydrogens (tertiary/aromatic N) is 2. The van der Waals surface area contributed by atoms with Gasteiger partial charge in [-0.3, -0.25) is 24.5 Å². The van der Waals surface area contributed by atoms with Crippen LogP contribution in [0.25, 0.3) is 0 Å². The number of benzene rings is 2. The molecule has 174 valence electrons. The number of Topliss-reactive ketones (excluding diaryl/α,β-unsaturated/α-hetero) is 1. The molecule has 8 heteroatoms. The molecule has 8 nitrogen and oxygen atoms in total. The molecule has 3 aliphatic carbocycles. The highest BCUT2D eigenvalue weighted by atomic mass is 16.6. The molecule has 1 spiro atoms. The molecular formula is C26H24N2O6. The van der Waals surface area contributed by atoms with Crippen LogP contribution in [0.3, 0.4) is 0 Å². The van der Waals surface area contributed by atoms with Crippen molar-refractivity contribution in [2.45, 2.75) is 31.1 Å². The highest BCUT2D eigenvalue weighted by molar-refractivity contribution is 6.14. The number of esters is 1. The molecule has 4 aliphatic rings. The van der Waals surface area contributed by atoms with Crippen molar-refractivity contribution in [1.82, 2.24) is 0 Å². The van der Waals surface area contributed by atoms with E-state index in [2.05, 4.69) is 0 Å². The third kappa shape index (κ3) is 2.40. The molecule has 1 heterocycles. The summed E-state index contributed by atoms with van der Waals surface area (Å²) in [6.07, 6.45) is 1.77. The maximum atomic E-state index is 14.2. The van der Waals surface area contributed by atoms with Crippen molar-refractivity contribution in [3.63, 3.8) is 0 Å². The van der Waals surface area contributed by atoms with E-state index in [1.807, 2.05) is 24.3 Å². The number of ketones is 1. The average Bonchev–Trinajstić information content (AvgIpc) is 3.52. The Bertz CT molecular complexity index is 1280. The van der Waals surface area contributed by atoms with Crippen LogP contribution in [0.15, 0.2) is 42.5 Å². The van der Waals surface area contributed by atoms with Crippen LogP contribution >= 0.6 is 0 Å². The van der Waals surface area contributed by atoms with Crippen LogP contribution in [-0.4, -0.2) is 36.2 Å². The Morgan fingerprint density at radius 2 is 1.91 bits per heavy atom. The van der Waals surface area contributed by atoms with Gasteiger partial charge in [0.1, 0.15) is 0 Å². The van der Waals surface area contributed by atoms with Gasteiger partial charge in [-0.25, -0.2) is 0 Å². The van der Waals surface area contributed by atoms with Crippen molar-refractivity contribution in [1.29, 1.82) is 0 Å². The van der Waals surface area contributed by atoms with Gasteiger partial charge in [-0.15, -0.1) is 0 Å². The molecule has 0 aromatic heterocycles. The highest BCUT2D eigenvalue weighted by Gasteiger charge is 2.76. The lowest BCUT2D eigenvalue weighted by Gasteiger charge is -2.36. The number of carbonyl (C=O) groups excluding carboxylic acids is 3. The van der Waals surface area contributed by atoms with E-state index < -0.39 is 34.1 Å². The van der Waals surface area contributed by atoms with Gasteiger partial charge in [-0.1, -0.05) is 24.3 Å². The van der Waals surface area contributed by atoms with Gasteiger partial charge in [0.25, 0.3) is 5.69 Å². The summed E-state index contributed by atoms with van der Waals surface area (Å²) in [5.41, 5.74) is 1.10. The molecule has 1 aliphatic heterocycles. The van der Waals surface area contributed by atoms with Crippen molar-refractivity contribution in [3.05, 3.63) is 69.3 Å². The van der Waals surface area contributed by atoms with E-state index in [-0.39, 0.29) is 35.8 Å². The zero-order valence-corrected chi connectivity index (χ0v) is 18.9. The van der Waals surface area contributed by atoms with Crippen molar-refractivity contribution in [3.8, 4) is 0 Å². The Morgan fingerprint density at radius 3 is 2.59 bits per heavy atom. The smallest absolute Gasteiger partial charge is 0.311 e. The fourth-order valence-electron chi connectivity index (χ4n) is 7.17. The third-order valence-corrected chi connectivity index (χ3v) is 8.36. The van der Waals surface area contributed by atoms with Crippen molar-refractivity contribution >= 4 is 29.0 Å². The van der Waals surface area contributed by atoms with Gasteiger partial charge in [-0.2, -0.15) is 0 Å². The van der Waals surface area contributed by atoms with Crippen LogP contribution in [0, 0.1) is 33.8 Å². The fraction of sp³-hybridized carbons (Fsp3) is 0.423. The second-order valence-electron chi connectivity index (χ2n) is 9.79. The second kappa shape index (κ2) is 6.98. The number of hydrogen-bond donors (Lipinski definition) is 0. The van der Waals surface area contributed by atoms with Gasteiger partial charge in [-0.05, 0) is 48.8 Å². The number of amides is 1. The summed E-state index contributed by atoms with van der Waals surface area (Å²) in [5.74, 6) is -3.14. The Morgan fingerprint density at radius 1 is 1.18 bits per heavy atom. The molecule has 0 radical (unpaired) electrons. The van der Waals surface area contributed by atoms with E-state index in [0.29, 0.717) is 11.1 Å². The largest absolute Gasteiger partial charge is 0.466 e. The molecule has 2 aromatic carbocycles. The number of para-hydroxylation sites is 1.